The number of aryl methyl sites for hydroxylation is 2. The van der Waals surface area contributed by atoms with Gasteiger partial charge in [0.25, 0.3) is 0 Å². The Hall–Kier alpha value is -2.36. The monoisotopic (exact) mass is 429 g/mol. The van der Waals surface area contributed by atoms with Gasteiger partial charge in [0.2, 0.25) is 6.41 Å². The van der Waals surface area contributed by atoms with E-state index in [4.69, 9.17) is 10.8 Å². The van der Waals surface area contributed by atoms with Crippen LogP contribution in [0.2, 0.25) is 0 Å². The minimum Gasteiger partial charge on any atom is -0.398 e. The van der Waals surface area contributed by atoms with Crippen LogP contribution in [0.4, 0.5) is 17.2 Å². The summed E-state index contributed by atoms with van der Waals surface area (Å²) >= 11 is 6.18. The lowest BCUT2D eigenvalue weighted by molar-refractivity contribution is -0.127. The first-order chi connectivity index (χ1) is 14.0. The van der Waals surface area contributed by atoms with Crippen molar-refractivity contribution in [2.75, 3.05) is 24.1 Å². The lowest BCUT2D eigenvalue weighted by Crippen LogP contribution is -2.49. The molecule has 7 nitrogen and oxygen atoms in total. The highest BCUT2D eigenvalue weighted by molar-refractivity contribution is 7.80. The van der Waals surface area contributed by atoms with Crippen molar-refractivity contribution >= 4 is 57.8 Å². The topological polar surface area (TPSA) is 104 Å². The molecule has 1 aromatic carbocycles. The first-order valence-corrected chi connectivity index (χ1v) is 10.8. The zero-order chi connectivity index (χ0) is 20.4. The third-order valence-electron chi connectivity index (χ3n) is 5.08. The van der Waals surface area contributed by atoms with Crippen LogP contribution in [-0.4, -0.2) is 45.6 Å². The SMILES string of the molecule is Nc1ccc(Nc2ncnc3sc4c(c23)CCCC4)cc1S.O=CN1CC(O)C1. The van der Waals surface area contributed by atoms with Crippen LogP contribution in [0.1, 0.15) is 23.3 Å². The number of nitrogens with one attached hydrogen (secondary N) is 1. The molecule has 0 spiro atoms. The van der Waals surface area contributed by atoms with E-state index >= 15 is 0 Å². The summed E-state index contributed by atoms with van der Waals surface area (Å²) in [4.78, 5) is 23.5. The molecule has 2 aliphatic rings. The number of aliphatic hydroxyl groups excluding tert-OH is 1. The van der Waals surface area contributed by atoms with Gasteiger partial charge in [-0.25, -0.2) is 9.97 Å². The largest absolute Gasteiger partial charge is 0.398 e. The molecule has 0 unspecified atom stereocenters. The average molecular weight is 430 g/mol. The van der Waals surface area contributed by atoms with Gasteiger partial charge in [-0.3, -0.25) is 4.79 Å². The second kappa shape index (κ2) is 8.56. The van der Waals surface area contributed by atoms with Crippen LogP contribution < -0.4 is 11.1 Å². The van der Waals surface area contributed by atoms with E-state index in [1.54, 1.807) is 17.7 Å². The number of aliphatic hydroxyl groups is 1. The van der Waals surface area contributed by atoms with E-state index < -0.39 is 0 Å². The third-order valence-corrected chi connectivity index (χ3v) is 6.67. The van der Waals surface area contributed by atoms with Gasteiger partial charge in [0.15, 0.2) is 0 Å². The molecular formula is C20H23N5O2S2. The summed E-state index contributed by atoms with van der Waals surface area (Å²) in [6.07, 6.45) is 6.92. The van der Waals surface area contributed by atoms with E-state index in [0.717, 1.165) is 34.1 Å². The van der Waals surface area contributed by atoms with Gasteiger partial charge < -0.3 is 21.1 Å². The number of anilines is 3. The highest BCUT2D eigenvalue weighted by Gasteiger charge is 2.21. The van der Waals surface area contributed by atoms with Crippen molar-refractivity contribution < 1.29 is 9.90 Å². The van der Waals surface area contributed by atoms with Crippen molar-refractivity contribution in [2.45, 2.75) is 36.7 Å². The summed E-state index contributed by atoms with van der Waals surface area (Å²) in [6, 6.07) is 5.72. The van der Waals surface area contributed by atoms with Crippen LogP contribution in [0, 0.1) is 0 Å². The van der Waals surface area contributed by atoms with E-state index in [-0.39, 0.29) is 6.10 Å². The van der Waals surface area contributed by atoms with Gasteiger partial charge in [-0.2, -0.15) is 0 Å². The number of fused-ring (bicyclic) bond motifs is 3. The first-order valence-electron chi connectivity index (χ1n) is 9.53. The molecule has 0 bridgehead atoms. The predicted molar refractivity (Wildman–Crippen MR) is 119 cm³/mol. The lowest BCUT2D eigenvalue weighted by atomic mass is 9.97. The van der Waals surface area contributed by atoms with E-state index in [9.17, 15) is 4.79 Å². The summed E-state index contributed by atoms with van der Waals surface area (Å²) in [5.41, 5.74) is 8.86. The van der Waals surface area contributed by atoms with Gasteiger partial charge in [0.05, 0.1) is 11.5 Å². The molecule has 29 heavy (non-hydrogen) atoms. The lowest BCUT2D eigenvalue weighted by Gasteiger charge is -2.31. The smallest absolute Gasteiger partial charge is 0.209 e. The van der Waals surface area contributed by atoms with Crippen molar-refractivity contribution in [3.63, 3.8) is 0 Å². The number of β-amino-alcohol motifs (C(OH)–C–C–N with tert-alkyl or cyclic N) is 1. The highest BCUT2D eigenvalue weighted by Crippen LogP contribution is 2.39. The summed E-state index contributed by atoms with van der Waals surface area (Å²) in [5.74, 6) is 0.877. The van der Waals surface area contributed by atoms with Gasteiger partial charge in [-0.1, -0.05) is 0 Å². The van der Waals surface area contributed by atoms with Crippen LogP contribution in [0.25, 0.3) is 10.2 Å². The third kappa shape index (κ3) is 4.31. The van der Waals surface area contributed by atoms with Gasteiger partial charge in [0, 0.05) is 34.2 Å². The summed E-state index contributed by atoms with van der Waals surface area (Å²) in [6.45, 7) is 1.03. The summed E-state index contributed by atoms with van der Waals surface area (Å²) in [7, 11) is 0. The normalized spacial score (nSPS) is 15.9. The Morgan fingerprint density at radius 3 is 2.76 bits per heavy atom. The Labute approximate surface area is 178 Å². The Balaban J connectivity index is 0.000000249. The van der Waals surface area contributed by atoms with Crippen molar-refractivity contribution in [1.82, 2.24) is 14.9 Å². The zero-order valence-electron chi connectivity index (χ0n) is 15.8. The number of hydrogen-bond donors (Lipinski definition) is 4. The Morgan fingerprint density at radius 2 is 2.07 bits per heavy atom. The van der Waals surface area contributed by atoms with Gasteiger partial charge in [0.1, 0.15) is 17.0 Å². The van der Waals surface area contributed by atoms with Crippen molar-refractivity contribution in [2.24, 2.45) is 0 Å². The van der Waals surface area contributed by atoms with E-state index in [1.807, 2.05) is 18.2 Å². The molecule has 152 valence electrons. The molecule has 1 fully saturated rings. The Morgan fingerprint density at radius 1 is 1.28 bits per heavy atom. The van der Waals surface area contributed by atoms with E-state index in [0.29, 0.717) is 18.8 Å². The maximum Gasteiger partial charge on any atom is 0.209 e. The predicted octanol–water partition coefficient (Wildman–Crippen LogP) is 3.00. The molecule has 5 rings (SSSR count). The molecule has 4 N–H and O–H groups in total. The standard InChI is InChI=1S/C16H16N4S2.C4H7NO2/c17-11-6-5-9(7-12(11)21)20-15-14-10-3-1-2-4-13(10)22-16(14)19-8-18-15;6-3-5-1-4(7)2-5/h5-8,21H,1-4,17H2,(H,18,19,20);3-4,7H,1-2H2. The Kier molecular flexibility index (Phi) is 5.89. The minimum atomic E-state index is -0.259. The fraction of sp³-hybridized carbons (Fsp3) is 0.350. The quantitative estimate of drug-likeness (QED) is 0.290. The molecule has 0 atom stereocenters. The zero-order valence-corrected chi connectivity index (χ0v) is 17.5. The van der Waals surface area contributed by atoms with Gasteiger partial charge >= 0.3 is 0 Å². The number of nitrogens with zero attached hydrogens (tertiary/aromatic N) is 3. The fourth-order valence-corrected chi connectivity index (χ4v) is 4.96. The molecule has 0 saturated carbocycles. The molecule has 1 aliphatic carbocycles. The number of hydrogen-bond acceptors (Lipinski definition) is 8. The molecule has 9 heteroatoms. The Bertz CT molecular complexity index is 1030. The molecule has 1 saturated heterocycles. The number of thiol groups is 1. The van der Waals surface area contributed by atoms with E-state index in [1.165, 1.54) is 40.0 Å². The van der Waals surface area contributed by atoms with Crippen LogP contribution in [0.5, 0.6) is 0 Å². The summed E-state index contributed by atoms with van der Waals surface area (Å²) < 4.78 is 0. The van der Waals surface area contributed by atoms with Gasteiger partial charge in [-0.15, -0.1) is 24.0 Å². The first kappa shape index (κ1) is 19.9. The second-order valence-electron chi connectivity index (χ2n) is 7.23. The number of nitrogens with two attached hydrogens (primary N) is 1. The van der Waals surface area contributed by atoms with Crippen LogP contribution in [-0.2, 0) is 17.6 Å². The molecule has 1 aliphatic heterocycles. The minimum absolute atomic E-state index is 0.259. The molecular weight excluding hydrogens is 406 g/mol. The molecule has 2 aromatic heterocycles. The number of carbonyl (C=O) groups excluding carboxylic acids is 1. The maximum absolute atomic E-state index is 9.75. The molecule has 0 radical (unpaired) electrons. The second-order valence-corrected chi connectivity index (χ2v) is 8.79. The van der Waals surface area contributed by atoms with Gasteiger partial charge in [-0.05, 0) is 49.4 Å². The number of amides is 1. The summed E-state index contributed by atoms with van der Waals surface area (Å²) in [5, 5.41) is 13.1. The van der Waals surface area contributed by atoms with Crippen molar-refractivity contribution in [3.05, 3.63) is 35.0 Å². The maximum atomic E-state index is 9.75. The fourth-order valence-electron chi connectivity index (χ4n) is 3.52. The molecule has 3 heterocycles. The number of thiophene rings is 1. The molecule has 3 aromatic rings. The van der Waals surface area contributed by atoms with Crippen LogP contribution in [0.15, 0.2) is 29.4 Å². The number of aromatic nitrogens is 2. The van der Waals surface area contributed by atoms with Crippen LogP contribution >= 0.6 is 24.0 Å². The molecule has 1 amide bonds. The number of benzene rings is 1. The number of rotatable bonds is 3. The number of likely N-dealkylation sites (tertiary alicyclic amines) is 1. The number of carbonyl (C=O) groups is 1. The van der Waals surface area contributed by atoms with Crippen molar-refractivity contribution in [1.29, 1.82) is 0 Å². The highest BCUT2D eigenvalue weighted by atomic mass is 32.1. The van der Waals surface area contributed by atoms with Crippen LogP contribution in [0.3, 0.4) is 0 Å². The van der Waals surface area contributed by atoms with E-state index in [2.05, 4.69) is 27.9 Å². The van der Waals surface area contributed by atoms with Crippen molar-refractivity contribution in [3.8, 4) is 0 Å². The average Bonchev–Trinajstić information content (AvgIpc) is 3.08. The number of nitrogen functional groups attached to an aromatic ring is 1.